The van der Waals surface area contributed by atoms with Crippen LogP contribution in [0, 0.1) is 5.92 Å². The van der Waals surface area contributed by atoms with E-state index in [0.717, 1.165) is 35.2 Å². The highest BCUT2D eigenvalue weighted by atomic mass is 16.2. The van der Waals surface area contributed by atoms with Gasteiger partial charge in [-0.05, 0) is 60.9 Å². The lowest BCUT2D eigenvalue weighted by molar-refractivity contribution is -0.133. The summed E-state index contributed by atoms with van der Waals surface area (Å²) in [7, 11) is 0. The van der Waals surface area contributed by atoms with Crippen molar-refractivity contribution in [2.45, 2.75) is 57.0 Å². The third kappa shape index (κ3) is 3.12. The van der Waals surface area contributed by atoms with Crippen LogP contribution in [0.25, 0.3) is 10.8 Å². The van der Waals surface area contributed by atoms with Crippen molar-refractivity contribution in [2.24, 2.45) is 5.92 Å². The van der Waals surface area contributed by atoms with Gasteiger partial charge in [0.05, 0.1) is 6.67 Å². The molecule has 3 fully saturated rings. The Labute approximate surface area is 172 Å². The maximum Gasteiger partial charge on any atom is 0.326 e. The van der Waals surface area contributed by atoms with Gasteiger partial charge >= 0.3 is 6.03 Å². The average molecular weight is 392 g/mol. The molecule has 5 nitrogen and oxygen atoms in total. The maximum absolute atomic E-state index is 13.4. The highest BCUT2D eigenvalue weighted by molar-refractivity contribution is 6.07. The number of rotatable bonds is 3. The van der Waals surface area contributed by atoms with Crippen LogP contribution in [0.5, 0.6) is 0 Å². The molecular weight excluding hydrogens is 362 g/mol. The highest BCUT2D eigenvalue weighted by Crippen LogP contribution is 2.36. The molecule has 0 radical (unpaired) electrons. The second-order valence-corrected chi connectivity index (χ2v) is 9.06. The number of piperidine rings is 1. The van der Waals surface area contributed by atoms with Gasteiger partial charge < -0.3 is 5.32 Å². The van der Waals surface area contributed by atoms with Gasteiger partial charge in [0, 0.05) is 12.6 Å². The van der Waals surface area contributed by atoms with E-state index in [9.17, 15) is 9.59 Å². The molecule has 2 aromatic rings. The Hall–Kier alpha value is -2.40. The first kappa shape index (κ1) is 18.6. The SMILES string of the molecule is C[C@]1(c2ccc3ccccc3c2)NC(=O)N(CN2CCC[C@@H]3CCCC[C@@H]32)C1=O. The lowest BCUT2D eigenvalue weighted by Gasteiger charge is -2.45. The number of hydrogen-bond acceptors (Lipinski definition) is 3. The molecular formula is C24H29N3O2. The smallest absolute Gasteiger partial charge is 0.319 e. The van der Waals surface area contributed by atoms with Crippen molar-refractivity contribution in [1.29, 1.82) is 0 Å². The number of imide groups is 1. The fourth-order valence-corrected chi connectivity index (χ4v) is 5.61. The summed E-state index contributed by atoms with van der Waals surface area (Å²) in [6, 6.07) is 14.3. The Morgan fingerprint density at radius 1 is 1.00 bits per heavy atom. The van der Waals surface area contributed by atoms with Crippen molar-refractivity contribution in [3.8, 4) is 0 Å². The van der Waals surface area contributed by atoms with E-state index >= 15 is 0 Å². The standard InChI is InChI=1S/C24H29N3O2/c1-24(20-13-12-17-7-2-3-9-19(17)15-20)22(28)27(23(29)25-24)16-26-14-6-10-18-8-4-5-11-21(18)26/h2-3,7,9,12-13,15,18,21H,4-6,8,10-11,14,16H2,1H3,(H,25,29)/t18-,21-,24+/m0/s1. The molecule has 0 bridgehead atoms. The first-order valence-corrected chi connectivity index (χ1v) is 10.9. The van der Waals surface area contributed by atoms with E-state index in [0.29, 0.717) is 12.7 Å². The molecule has 3 aliphatic rings. The first-order chi connectivity index (χ1) is 14.1. The molecule has 1 saturated carbocycles. The van der Waals surface area contributed by atoms with Crippen molar-refractivity contribution in [3.05, 3.63) is 48.0 Å². The molecule has 3 amide bonds. The van der Waals surface area contributed by atoms with Gasteiger partial charge in [-0.1, -0.05) is 49.2 Å². The largest absolute Gasteiger partial charge is 0.326 e. The summed E-state index contributed by atoms with van der Waals surface area (Å²) < 4.78 is 0. The number of fused-ring (bicyclic) bond motifs is 2. The topological polar surface area (TPSA) is 52.7 Å². The van der Waals surface area contributed by atoms with Crippen molar-refractivity contribution < 1.29 is 9.59 Å². The van der Waals surface area contributed by atoms with E-state index in [1.165, 1.54) is 37.0 Å². The molecule has 0 spiro atoms. The van der Waals surface area contributed by atoms with Crippen molar-refractivity contribution >= 4 is 22.7 Å². The Morgan fingerprint density at radius 3 is 2.62 bits per heavy atom. The van der Waals surface area contributed by atoms with Gasteiger partial charge in [-0.25, -0.2) is 9.69 Å². The molecule has 1 N–H and O–H groups in total. The fraction of sp³-hybridized carbons (Fsp3) is 0.500. The van der Waals surface area contributed by atoms with E-state index < -0.39 is 5.54 Å². The zero-order valence-electron chi connectivity index (χ0n) is 17.1. The van der Waals surface area contributed by atoms with Gasteiger partial charge in [0.15, 0.2) is 0 Å². The van der Waals surface area contributed by atoms with E-state index in [1.807, 2.05) is 43.3 Å². The van der Waals surface area contributed by atoms with Crippen LogP contribution in [0.1, 0.15) is 51.0 Å². The van der Waals surface area contributed by atoms with E-state index in [-0.39, 0.29) is 11.9 Å². The zero-order chi connectivity index (χ0) is 20.0. The lowest BCUT2D eigenvalue weighted by Crippen LogP contribution is -2.52. The highest BCUT2D eigenvalue weighted by Gasteiger charge is 2.50. The Balaban J connectivity index is 1.40. The number of benzene rings is 2. The van der Waals surface area contributed by atoms with Crippen LogP contribution in [0.4, 0.5) is 4.79 Å². The summed E-state index contributed by atoms with van der Waals surface area (Å²) in [5.41, 5.74) is -0.172. The number of likely N-dealkylation sites (tertiary alicyclic amines) is 1. The molecule has 0 unspecified atom stereocenters. The number of nitrogens with zero attached hydrogens (tertiary/aromatic N) is 2. The summed E-state index contributed by atoms with van der Waals surface area (Å²) in [4.78, 5) is 30.1. The number of urea groups is 1. The molecule has 5 rings (SSSR count). The number of amides is 3. The van der Waals surface area contributed by atoms with Crippen LogP contribution in [-0.4, -0.2) is 41.0 Å². The fourth-order valence-electron chi connectivity index (χ4n) is 5.61. The summed E-state index contributed by atoms with van der Waals surface area (Å²) >= 11 is 0. The maximum atomic E-state index is 13.4. The van der Waals surface area contributed by atoms with E-state index in [4.69, 9.17) is 0 Å². The molecule has 0 aromatic heterocycles. The Morgan fingerprint density at radius 2 is 1.76 bits per heavy atom. The molecule has 152 valence electrons. The minimum absolute atomic E-state index is 0.143. The summed E-state index contributed by atoms with van der Waals surface area (Å²) in [5.74, 6) is 0.584. The zero-order valence-corrected chi connectivity index (χ0v) is 17.1. The Kier molecular flexibility index (Phi) is 4.58. The molecule has 2 aromatic carbocycles. The molecule has 5 heteroatoms. The second-order valence-electron chi connectivity index (χ2n) is 9.06. The van der Waals surface area contributed by atoms with Crippen LogP contribution in [0.2, 0.25) is 0 Å². The molecule has 2 heterocycles. The van der Waals surface area contributed by atoms with E-state index in [1.54, 1.807) is 0 Å². The van der Waals surface area contributed by atoms with Crippen molar-refractivity contribution in [2.75, 3.05) is 13.2 Å². The minimum Gasteiger partial charge on any atom is -0.319 e. The summed E-state index contributed by atoms with van der Waals surface area (Å²) in [6.07, 6.45) is 7.50. The van der Waals surface area contributed by atoms with Gasteiger partial charge in [-0.3, -0.25) is 9.69 Å². The monoisotopic (exact) mass is 391 g/mol. The quantitative estimate of drug-likeness (QED) is 0.797. The molecule has 3 atom stereocenters. The molecule has 2 saturated heterocycles. The average Bonchev–Trinajstić information content (AvgIpc) is 2.97. The third-order valence-corrected chi connectivity index (χ3v) is 7.28. The Bertz CT molecular complexity index is 956. The second kappa shape index (κ2) is 7.13. The van der Waals surface area contributed by atoms with Crippen molar-refractivity contribution in [3.63, 3.8) is 0 Å². The number of carbonyl (C=O) groups is 2. The normalized spacial score (nSPS) is 30.4. The van der Waals surface area contributed by atoms with Crippen LogP contribution in [0.15, 0.2) is 42.5 Å². The van der Waals surface area contributed by atoms with Crippen LogP contribution >= 0.6 is 0 Å². The number of nitrogens with one attached hydrogen (secondary N) is 1. The molecule has 29 heavy (non-hydrogen) atoms. The summed E-state index contributed by atoms with van der Waals surface area (Å²) in [6.45, 7) is 3.22. The first-order valence-electron chi connectivity index (χ1n) is 10.9. The summed E-state index contributed by atoms with van der Waals surface area (Å²) in [5, 5.41) is 5.19. The van der Waals surface area contributed by atoms with Gasteiger partial charge in [-0.2, -0.15) is 0 Å². The van der Waals surface area contributed by atoms with E-state index in [2.05, 4.69) is 16.3 Å². The van der Waals surface area contributed by atoms with Crippen LogP contribution in [-0.2, 0) is 10.3 Å². The minimum atomic E-state index is -1.01. The van der Waals surface area contributed by atoms with Crippen LogP contribution in [0.3, 0.4) is 0 Å². The number of hydrogen-bond donors (Lipinski definition) is 1. The molecule has 2 aliphatic heterocycles. The van der Waals surface area contributed by atoms with Gasteiger partial charge in [0.2, 0.25) is 0 Å². The predicted molar refractivity (Wildman–Crippen MR) is 113 cm³/mol. The number of carbonyl (C=O) groups excluding carboxylic acids is 2. The van der Waals surface area contributed by atoms with Gasteiger partial charge in [-0.15, -0.1) is 0 Å². The predicted octanol–water partition coefficient (Wildman–Crippen LogP) is 4.22. The van der Waals surface area contributed by atoms with Gasteiger partial charge in [0.1, 0.15) is 5.54 Å². The van der Waals surface area contributed by atoms with Crippen molar-refractivity contribution in [1.82, 2.24) is 15.1 Å². The van der Waals surface area contributed by atoms with Crippen LogP contribution < -0.4 is 5.32 Å². The lowest BCUT2D eigenvalue weighted by atomic mass is 9.78. The third-order valence-electron chi connectivity index (χ3n) is 7.28. The molecule has 1 aliphatic carbocycles. The van der Waals surface area contributed by atoms with Gasteiger partial charge in [0.25, 0.3) is 5.91 Å².